The molecule has 0 unspecified atom stereocenters. The SMILES string of the molecule is CC(C)O.CC(C)O.CC(C)O.[CH2-]C=O.[Zr]. The summed E-state index contributed by atoms with van der Waals surface area (Å²) < 4.78 is 0. The van der Waals surface area contributed by atoms with Gasteiger partial charge in [-0.2, -0.15) is 0 Å². The summed E-state index contributed by atoms with van der Waals surface area (Å²) in [5.74, 6) is 0. The Morgan fingerprint density at radius 2 is 0.812 bits per heavy atom. The molecule has 0 radical (unpaired) electrons. The van der Waals surface area contributed by atoms with Gasteiger partial charge in [0.15, 0.2) is 0 Å². The molecule has 0 aliphatic carbocycles. The first-order chi connectivity index (χ1) is 6.61. The van der Waals surface area contributed by atoms with Gasteiger partial charge in [0.1, 0.15) is 0 Å². The molecule has 0 bridgehead atoms. The molecular formula is C11H27O4Zr-. The van der Waals surface area contributed by atoms with E-state index in [1.807, 2.05) is 0 Å². The van der Waals surface area contributed by atoms with Crippen molar-refractivity contribution in [3.8, 4) is 0 Å². The zero-order chi connectivity index (χ0) is 13.4. The Hall–Kier alpha value is 0.303. The number of carbonyl (C=O) groups is 1. The van der Waals surface area contributed by atoms with E-state index < -0.39 is 0 Å². The zero-order valence-electron chi connectivity index (χ0n) is 11.3. The Labute approximate surface area is 119 Å². The van der Waals surface area contributed by atoms with Crippen molar-refractivity contribution in [2.24, 2.45) is 0 Å². The summed E-state index contributed by atoms with van der Waals surface area (Å²) in [7, 11) is 0. The number of rotatable bonds is 0. The molecule has 0 rings (SSSR count). The molecule has 5 heteroatoms. The summed E-state index contributed by atoms with van der Waals surface area (Å²) in [5, 5.41) is 24.2. The predicted molar refractivity (Wildman–Crippen MR) is 63.5 cm³/mol. The first kappa shape index (κ1) is 29.9. The molecule has 0 spiro atoms. The minimum atomic E-state index is -0.167. The Balaban J connectivity index is -0.0000000331. The van der Waals surface area contributed by atoms with Gasteiger partial charge in [0, 0.05) is 44.5 Å². The van der Waals surface area contributed by atoms with Gasteiger partial charge in [0.2, 0.25) is 0 Å². The Bertz CT molecular complexity index is 73.5. The van der Waals surface area contributed by atoms with Gasteiger partial charge in [0.05, 0.1) is 0 Å². The van der Waals surface area contributed by atoms with Crippen LogP contribution in [0.25, 0.3) is 0 Å². The molecule has 0 fully saturated rings. The van der Waals surface area contributed by atoms with Crippen LogP contribution in [0.4, 0.5) is 0 Å². The summed E-state index contributed by atoms with van der Waals surface area (Å²) in [4.78, 5) is 8.69. The van der Waals surface area contributed by atoms with Crippen LogP contribution in [0.15, 0.2) is 0 Å². The zero-order valence-corrected chi connectivity index (χ0v) is 13.7. The molecule has 0 saturated carbocycles. The van der Waals surface area contributed by atoms with Crippen molar-refractivity contribution in [3.05, 3.63) is 6.92 Å². The molecule has 3 N–H and O–H groups in total. The maximum absolute atomic E-state index is 8.69. The number of aldehydes is 1. The van der Waals surface area contributed by atoms with Crippen LogP contribution in [0, 0.1) is 6.92 Å². The normalized spacial score (nSPS) is 7.50. The summed E-state index contributed by atoms with van der Waals surface area (Å²) in [6.45, 7) is 13.1. The van der Waals surface area contributed by atoms with Crippen LogP contribution in [0.2, 0.25) is 0 Å². The fourth-order valence-corrected chi connectivity index (χ4v) is 0. The van der Waals surface area contributed by atoms with Crippen molar-refractivity contribution in [2.75, 3.05) is 0 Å². The second-order valence-electron chi connectivity index (χ2n) is 3.45. The topological polar surface area (TPSA) is 77.8 Å². The van der Waals surface area contributed by atoms with Gasteiger partial charge in [-0.1, -0.05) is 0 Å². The first-order valence-electron chi connectivity index (χ1n) is 4.88. The average molecular weight is 315 g/mol. The van der Waals surface area contributed by atoms with Crippen LogP contribution < -0.4 is 0 Å². The van der Waals surface area contributed by atoms with E-state index in [9.17, 15) is 0 Å². The maximum atomic E-state index is 8.69. The van der Waals surface area contributed by atoms with Crippen molar-refractivity contribution in [2.45, 2.75) is 59.9 Å². The quantitative estimate of drug-likeness (QED) is 0.463. The van der Waals surface area contributed by atoms with Gasteiger partial charge in [-0.25, -0.2) is 0 Å². The van der Waals surface area contributed by atoms with E-state index >= 15 is 0 Å². The number of carbonyl (C=O) groups excluding carboxylic acids is 1. The van der Waals surface area contributed by atoms with Crippen LogP contribution in [0.3, 0.4) is 0 Å². The van der Waals surface area contributed by atoms with Crippen LogP contribution in [-0.2, 0) is 31.0 Å². The fourth-order valence-electron chi connectivity index (χ4n) is 0. The molecular weight excluding hydrogens is 287 g/mol. The standard InChI is InChI=1S/3C3H8O.C2H3O.Zr/c3*1-3(2)4;1-2-3;/h3*3-4H,1-2H3;2H,1H2;/q;;;-1;. The fraction of sp³-hybridized carbons (Fsp3) is 0.818. The maximum Gasteiger partial charge on any atom is 0.0483 e. The number of aliphatic hydroxyl groups excluding tert-OH is 3. The Kier molecular flexibility index (Phi) is 55.1. The van der Waals surface area contributed by atoms with Crippen LogP contribution in [0.1, 0.15) is 41.5 Å². The van der Waals surface area contributed by atoms with Gasteiger partial charge in [-0.15, -0.1) is 0 Å². The third kappa shape index (κ3) is 27500. The summed E-state index contributed by atoms with van der Waals surface area (Å²) in [6, 6.07) is 0. The summed E-state index contributed by atoms with van der Waals surface area (Å²) in [5.41, 5.74) is 0. The molecule has 0 aromatic heterocycles. The number of hydrogen-bond donors (Lipinski definition) is 3. The molecule has 4 nitrogen and oxygen atoms in total. The van der Waals surface area contributed by atoms with Crippen molar-refractivity contribution in [3.63, 3.8) is 0 Å². The van der Waals surface area contributed by atoms with Crippen molar-refractivity contribution < 1.29 is 46.3 Å². The van der Waals surface area contributed by atoms with Gasteiger partial charge in [-0.3, -0.25) is 0 Å². The van der Waals surface area contributed by atoms with Crippen LogP contribution in [0.5, 0.6) is 0 Å². The largest absolute Gasteiger partial charge is 0.394 e. The van der Waals surface area contributed by atoms with Crippen molar-refractivity contribution in [1.82, 2.24) is 0 Å². The minimum absolute atomic E-state index is 0. The average Bonchev–Trinajstić information content (AvgIpc) is 1.81. The van der Waals surface area contributed by atoms with Gasteiger partial charge in [0.25, 0.3) is 0 Å². The Morgan fingerprint density at radius 3 is 0.812 bits per heavy atom. The smallest absolute Gasteiger partial charge is 0.0483 e. The van der Waals surface area contributed by atoms with E-state index in [4.69, 9.17) is 20.1 Å². The molecule has 0 aliphatic heterocycles. The van der Waals surface area contributed by atoms with Gasteiger partial charge >= 0.3 is 0 Å². The third-order valence-corrected chi connectivity index (χ3v) is 0. The molecule has 0 saturated heterocycles. The van der Waals surface area contributed by atoms with E-state index in [1.54, 1.807) is 41.5 Å². The van der Waals surface area contributed by atoms with Gasteiger partial charge < -0.3 is 27.0 Å². The van der Waals surface area contributed by atoms with Crippen LogP contribution in [-0.4, -0.2) is 39.9 Å². The van der Waals surface area contributed by atoms with Crippen LogP contribution >= 0.6 is 0 Å². The Morgan fingerprint density at radius 1 is 0.812 bits per heavy atom. The van der Waals surface area contributed by atoms with E-state index in [0.717, 1.165) is 0 Å². The molecule has 0 aromatic carbocycles. The predicted octanol–water partition coefficient (Wildman–Crippen LogP) is 1.18. The molecule has 100 valence electrons. The number of aliphatic hydroxyl groups is 3. The molecule has 0 amide bonds. The summed E-state index contributed by atoms with van der Waals surface area (Å²) >= 11 is 0. The minimum Gasteiger partial charge on any atom is -0.394 e. The van der Waals surface area contributed by atoms with Gasteiger partial charge in [-0.05, 0) is 47.8 Å². The van der Waals surface area contributed by atoms with E-state index in [-0.39, 0.29) is 44.5 Å². The van der Waals surface area contributed by atoms with E-state index in [2.05, 4.69) is 6.92 Å². The second kappa shape index (κ2) is 29.5. The molecule has 0 aromatic rings. The summed E-state index contributed by atoms with van der Waals surface area (Å²) in [6.07, 6.45) is -0.000000000000000222. The van der Waals surface area contributed by atoms with E-state index in [1.165, 1.54) is 0 Å². The third-order valence-electron chi connectivity index (χ3n) is 0. The molecule has 0 heterocycles. The van der Waals surface area contributed by atoms with Crippen molar-refractivity contribution >= 4 is 6.29 Å². The molecule has 16 heavy (non-hydrogen) atoms. The monoisotopic (exact) mass is 313 g/mol. The second-order valence-corrected chi connectivity index (χ2v) is 3.45. The number of hydrogen-bond acceptors (Lipinski definition) is 4. The van der Waals surface area contributed by atoms with E-state index in [0.29, 0.717) is 6.29 Å². The molecule has 0 atom stereocenters. The molecule has 0 aliphatic rings. The van der Waals surface area contributed by atoms with Crippen molar-refractivity contribution in [1.29, 1.82) is 0 Å². The first-order valence-corrected chi connectivity index (χ1v) is 4.88.